The van der Waals surface area contributed by atoms with E-state index in [4.69, 9.17) is 16.3 Å². The average Bonchev–Trinajstić information content (AvgIpc) is 2.79. The lowest BCUT2D eigenvalue weighted by atomic mass is 10.2. The van der Waals surface area contributed by atoms with E-state index < -0.39 is 10.0 Å². The Morgan fingerprint density at radius 2 is 1.66 bits per heavy atom. The van der Waals surface area contributed by atoms with Crippen molar-refractivity contribution in [2.45, 2.75) is 18.4 Å². The molecule has 0 aliphatic heterocycles. The summed E-state index contributed by atoms with van der Waals surface area (Å²) >= 11 is 5.93. The molecular weight excluding hydrogens is 448 g/mol. The lowest BCUT2D eigenvalue weighted by molar-refractivity contribution is -0.128. The Kier molecular flexibility index (Phi) is 7.43. The Morgan fingerprint density at radius 1 is 1.00 bits per heavy atom. The van der Waals surface area contributed by atoms with Gasteiger partial charge >= 0.3 is 0 Å². The van der Waals surface area contributed by atoms with E-state index in [9.17, 15) is 13.2 Å². The zero-order valence-electron chi connectivity index (χ0n) is 18.2. The Hall–Kier alpha value is -3.03. The van der Waals surface area contributed by atoms with Crippen molar-refractivity contribution in [1.82, 2.24) is 4.90 Å². The number of hydrogen-bond acceptors (Lipinski definition) is 4. The third-order valence-electron chi connectivity index (χ3n) is 4.97. The zero-order valence-corrected chi connectivity index (χ0v) is 19.7. The standard InChI is InChI=1S/C24H25ClN2O4S/c1-18-9-14-23(31-3)22(15-18)27(32(29,30)21-7-5-4-6-8-21)17-24(28)26(2)16-19-10-12-20(25)13-11-19/h4-15H,16-17H2,1-3H3. The highest BCUT2D eigenvalue weighted by Gasteiger charge is 2.30. The number of hydrogen-bond donors (Lipinski definition) is 0. The summed E-state index contributed by atoms with van der Waals surface area (Å²) in [6.45, 7) is 1.80. The molecule has 0 saturated carbocycles. The molecule has 0 atom stereocenters. The summed E-state index contributed by atoms with van der Waals surface area (Å²) in [4.78, 5) is 14.7. The van der Waals surface area contributed by atoms with Crippen molar-refractivity contribution in [2.24, 2.45) is 0 Å². The number of aryl methyl sites for hydroxylation is 1. The van der Waals surface area contributed by atoms with Crippen LogP contribution in [0.1, 0.15) is 11.1 Å². The Labute approximate surface area is 194 Å². The van der Waals surface area contributed by atoms with Gasteiger partial charge in [0.25, 0.3) is 10.0 Å². The van der Waals surface area contributed by atoms with Crippen molar-refractivity contribution in [3.8, 4) is 5.75 Å². The van der Waals surface area contributed by atoms with E-state index in [1.165, 1.54) is 24.1 Å². The summed E-state index contributed by atoms with van der Waals surface area (Å²) < 4.78 is 33.6. The molecule has 3 aromatic rings. The number of ether oxygens (including phenoxy) is 1. The van der Waals surface area contributed by atoms with Gasteiger partial charge in [0.15, 0.2) is 0 Å². The molecule has 0 unspecified atom stereocenters. The number of amides is 1. The number of likely N-dealkylation sites (N-methyl/N-ethyl adjacent to an activating group) is 1. The molecule has 0 aromatic heterocycles. The van der Waals surface area contributed by atoms with Crippen LogP contribution in [0.5, 0.6) is 5.75 Å². The van der Waals surface area contributed by atoms with Crippen molar-refractivity contribution in [2.75, 3.05) is 25.0 Å². The second-order valence-electron chi connectivity index (χ2n) is 7.38. The van der Waals surface area contributed by atoms with Crippen LogP contribution in [0.25, 0.3) is 0 Å². The lowest BCUT2D eigenvalue weighted by Crippen LogP contribution is -2.41. The first kappa shape index (κ1) is 23.6. The van der Waals surface area contributed by atoms with E-state index in [1.807, 2.05) is 25.1 Å². The third-order valence-corrected chi connectivity index (χ3v) is 7.00. The maximum absolute atomic E-state index is 13.6. The molecule has 8 heteroatoms. The van der Waals surface area contributed by atoms with Crippen LogP contribution in [-0.2, 0) is 21.4 Å². The van der Waals surface area contributed by atoms with E-state index >= 15 is 0 Å². The normalized spacial score (nSPS) is 11.1. The molecule has 6 nitrogen and oxygen atoms in total. The van der Waals surface area contributed by atoms with Gasteiger partial charge in [-0.1, -0.05) is 48.0 Å². The van der Waals surface area contributed by atoms with Crippen LogP contribution in [0.15, 0.2) is 77.7 Å². The number of rotatable bonds is 8. The topological polar surface area (TPSA) is 66.9 Å². The minimum atomic E-state index is -4.02. The highest BCUT2D eigenvalue weighted by atomic mass is 35.5. The fourth-order valence-electron chi connectivity index (χ4n) is 3.21. The molecule has 0 N–H and O–H groups in total. The largest absolute Gasteiger partial charge is 0.495 e. The number of methoxy groups -OCH3 is 1. The first-order chi connectivity index (χ1) is 15.2. The van der Waals surface area contributed by atoms with E-state index in [1.54, 1.807) is 49.5 Å². The van der Waals surface area contributed by atoms with Gasteiger partial charge in [0.05, 0.1) is 17.7 Å². The van der Waals surface area contributed by atoms with Gasteiger partial charge in [-0.15, -0.1) is 0 Å². The molecule has 0 aliphatic carbocycles. The van der Waals surface area contributed by atoms with Crippen LogP contribution in [0.4, 0.5) is 5.69 Å². The number of benzene rings is 3. The van der Waals surface area contributed by atoms with Gasteiger partial charge < -0.3 is 9.64 Å². The van der Waals surface area contributed by atoms with Crippen molar-refractivity contribution < 1.29 is 17.9 Å². The fourth-order valence-corrected chi connectivity index (χ4v) is 4.77. The molecule has 3 rings (SSSR count). The number of anilines is 1. The number of carbonyl (C=O) groups excluding carboxylic acids is 1. The first-order valence-corrected chi connectivity index (χ1v) is 11.7. The van der Waals surface area contributed by atoms with E-state index in [2.05, 4.69) is 0 Å². The van der Waals surface area contributed by atoms with E-state index in [0.29, 0.717) is 23.0 Å². The Morgan fingerprint density at radius 3 is 2.28 bits per heavy atom. The maximum atomic E-state index is 13.6. The molecule has 0 saturated heterocycles. The highest BCUT2D eigenvalue weighted by molar-refractivity contribution is 7.92. The van der Waals surface area contributed by atoms with Crippen molar-refractivity contribution >= 4 is 33.2 Å². The smallest absolute Gasteiger partial charge is 0.264 e. The minimum Gasteiger partial charge on any atom is -0.495 e. The molecule has 0 heterocycles. The molecule has 0 bridgehead atoms. The van der Waals surface area contributed by atoms with Gasteiger partial charge in [-0.2, -0.15) is 0 Å². The van der Waals surface area contributed by atoms with Crippen molar-refractivity contribution in [3.05, 3.63) is 88.9 Å². The second-order valence-corrected chi connectivity index (χ2v) is 9.68. The molecule has 32 heavy (non-hydrogen) atoms. The summed E-state index contributed by atoms with van der Waals surface area (Å²) in [5, 5.41) is 0.606. The third kappa shape index (κ3) is 5.41. The molecule has 0 fully saturated rings. The van der Waals surface area contributed by atoms with Crippen LogP contribution in [0.2, 0.25) is 5.02 Å². The van der Waals surface area contributed by atoms with Crippen LogP contribution in [0.3, 0.4) is 0 Å². The molecular formula is C24H25ClN2O4S. The van der Waals surface area contributed by atoms with Crippen LogP contribution in [-0.4, -0.2) is 39.9 Å². The SMILES string of the molecule is COc1ccc(C)cc1N(CC(=O)N(C)Cc1ccc(Cl)cc1)S(=O)(=O)c1ccccc1. The summed E-state index contributed by atoms with van der Waals surface area (Å²) in [7, 11) is -0.917. The molecule has 0 radical (unpaired) electrons. The van der Waals surface area contributed by atoms with Crippen LogP contribution >= 0.6 is 11.6 Å². The molecule has 0 spiro atoms. The Bertz CT molecular complexity index is 1180. The van der Waals surface area contributed by atoms with Crippen LogP contribution in [0, 0.1) is 6.92 Å². The minimum absolute atomic E-state index is 0.0942. The number of sulfonamides is 1. The average molecular weight is 473 g/mol. The van der Waals surface area contributed by atoms with Crippen molar-refractivity contribution in [3.63, 3.8) is 0 Å². The molecule has 0 aliphatic rings. The van der Waals surface area contributed by atoms with Gasteiger partial charge in [0.2, 0.25) is 5.91 Å². The van der Waals surface area contributed by atoms with E-state index in [-0.39, 0.29) is 17.3 Å². The predicted molar refractivity (Wildman–Crippen MR) is 127 cm³/mol. The van der Waals surface area contributed by atoms with E-state index in [0.717, 1.165) is 15.4 Å². The first-order valence-electron chi connectivity index (χ1n) is 9.93. The number of nitrogens with zero attached hydrogens (tertiary/aromatic N) is 2. The summed E-state index contributed by atoms with van der Waals surface area (Å²) in [5.41, 5.74) is 2.04. The summed E-state index contributed by atoms with van der Waals surface area (Å²) in [6.07, 6.45) is 0. The van der Waals surface area contributed by atoms with Gasteiger partial charge in [-0.3, -0.25) is 9.10 Å². The van der Waals surface area contributed by atoms with Crippen molar-refractivity contribution in [1.29, 1.82) is 0 Å². The number of carbonyl (C=O) groups is 1. The monoisotopic (exact) mass is 472 g/mol. The molecule has 168 valence electrons. The zero-order chi connectivity index (χ0) is 23.3. The maximum Gasteiger partial charge on any atom is 0.264 e. The second kappa shape index (κ2) is 10.1. The molecule has 1 amide bonds. The van der Waals surface area contributed by atoms with Crippen LogP contribution < -0.4 is 9.04 Å². The van der Waals surface area contributed by atoms with Gasteiger partial charge in [-0.05, 0) is 54.4 Å². The lowest BCUT2D eigenvalue weighted by Gasteiger charge is -2.28. The Balaban J connectivity index is 1.97. The number of halogens is 1. The predicted octanol–water partition coefficient (Wildman–Crippen LogP) is 4.51. The highest BCUT2D eigenvalue weighted by Crippen LogP contribution is 2.33. The summed E-state index contributed by atoms with van der Waals surface area (Å²) in [5.74, 6) is 0.00581. The molecule has 3 aromatic carbocycles. The van der Waals surface area contributed by atoms with Gasteiger partial charge in [0.1, 0.15) is 12.3 Å². The fraction of sp³-hybridized carbons (Fsp3) is 0.208. The van der Waals surface area contributed by atoms with Gasteiger partial charge in [0, 0.05) is 18.6 Å². The quantitative estimate of drug-likeness (QED) is 0.483. The summed E-state index contributed by atoms with van der Waals surface area (Å²) in [6, 6.07) is 20.4. The van der Waals surface area contributed by atoms with Gasteiger partial charge in [-0.25, -0.2) is 8.42 Å².